The number of carbonyl (C=O) groups is 2. The zero-order valence-electron chi connectivity index (χ0n) is 15.1. The molecule has 0 saturated heterocycles. The number of rotatable bonds is 4. The molecular formula is C20H18FN3O3S. The molecule has 0 spiro atoms. The number of nitrogens with two attached hydrogens (primary N) is 1. The molecule has 0 unspecified atom stereocenters. The van der Waals surface area contributed by atoms with Gasteiger partial charge in [-0.25, -0.2) is 4.39 Å². The van der Waals surface area contributed by atoms with Crippen LogP contribution in [-0.2, 0) is 12.8 Å². The highest BCUT2D eigenvalue weighted by Crippen LogP contribution is 2.39. The summed E-state index contributed by atoms with van der Waals surface area (Å²) in [6.45, 7) is 2.16. The molecule has 1 aliphatic rings. The van der Waals surface area contributed by atoms with E-state index in [1.165, 1.54) is 41.7 Å². The maximum absolute atomic E-state index is 13.1. The van der Waals surface area contributed by atoms with Gasteiger partial charge < -0.3 is 15.6 Å². The van der Waals surface area contributed by atoms with Gasteiger partial charge in [0.05, 0.1) is 5.56 Å². The summed E-state index contributed by atoms with van der Waals surface area (Å²) in [5.74, 6) is -0.527. The Labute approximate surface area is 164 Å². The Hall–Kier alpha value is -3.00. The highest BCUT2D eigenvalue weighted by Gasteiger charge is 2.28. The number of halogens is 1. The lowest BCUT2D eigenvalue weighted by atomic mass is 9.88. The van der Waals surface area contributed by atoms with Gasteiger partial charge in [-0.3, -0.25) is 9.59 Å². The zero-order chi connectivity index (χ0) is 19.8. The molecule has 0 fully saturated rings. The van der Waals surface area contributed by atoms with E-state index in [9.17, 15) is 14.0 Å². The van der Waals surface area contributed by atoms with Crippen molar-refractivity contribution in [3.8, 4) is 11.3 Å². The van der Waals surface area contributed by atoms with E-state index in [4.69, 9.17) is 10.3 Å². The molecule has 0 radical (unpaired) electrons. The van der Waals surface area contributed by atoms with Crippen molar-refractivity contribution in [2.75, 3.05) is 5.32 Å². The van der Waals surface area contributed by atoms with Crippen LogP contribution in [0.5, 0.6) is 0 Å². The maximum Gasteiger partial charge on any atom is 0.278 e. The highest BCUT2D eigenvalue weighted by atomic mass is 32.1. The van der Waals surface area contributed by atoms with Gasteiger partial charge in [0, 0.05) is 16.5 Å². The minimum absolute atomic E-state index is 0.0643. The molecule has 0 bridgehead atoms. The number of primary amides is 1. The molecule has 3 aromatic rings. The summed E-state index contributed by atoms with van der Waals surface area (Å²) in [5, 5.41) is 6.98. The molecule has 2 heterocycles. The van der Waals surface area contributed by atoms with E-state index in [1.54, 1.807) is 0 Å². The lowest BCUT2D eigenvalue weighted by Crippen LogP contribution is -2.19. The first-order chi connectivity index (χ1) is 13.4. The lowest BCUT2D eigenvalue weighted by molar-refractivity contribution is 0.1000. The van der Waals surface area contributed by atoms with Crippen molar-refractivity contribution in [3.63, 3.8) is 0 Å². The molecule has 1 aliphatic carbocycles. The number of nitrogens with zero attached hydrogens (tertiary/aromatic N) is 1. The first kappa shape index (κ1) is 18.4. The van der Waals surface area contributed by atoms with Crippen LogP contribution in [0.25, 0.3) is 11.3 Å². The number of thiophene rings is 1. The minimum Gasteiger partial charge on any atom is -0.365 e. The molecule has 28 heavy (non-hydrogen) atoms. The fourth-order valence-corrected chi connectivity index (χ4v) is 4.81. The third kappa shape index (κ3) is 3.43. The molecule has 144 valence electrons. The number of hydrogen-bond acceptors (Lipinski definition) is 5. The Morgan fingerprint density at radius 1 is 1.32 bits per heavy atom. The first-order valence-corrected chi connectivity index (χ1v) is 9.72. The monoisotopic (exact) mass is 399 g/mol. The molecule has 0 aliphatic heterocycles. The number of benzene rings is 1. The van der Waals surface area contributed by atoms with Crippen LogP contribution < -0.4 is 11.1 Å². The zero-order valence-corrected chi connectivity index (χ0v) is 15.9. The van der Waals surface area contributed by atoms with Crippen molar-refractivity contribution in [1.82, 2.24) is 5.16 Å². The average Bonchev–Trinajstić information content (AvgIpc) is 3.26. The van der Waals surface area contributed by atoms with Crippen LogP contribution in [0.4, 0.5) is 9.39 Å². The van der Waals surface area contributed by atoms with Crippen LogP contribution in [0.2, 0.25) is 0 Å². The number of anilines is 1. The third-order valence-electron chi connectivity index (χ3n) is 4.86. The Bertz CT molecular complexity index is 1060. The fraction of sp³-hybridized carbons (Fsp3) is 0.250. The van der Waals surface area contributed by atoms with Crippen LogP contribution in [0.15, 0.2) is 34.9 Å². The number of amides is 2. The normalized spacial score (nSPS) is 15.9. The van der Waals surface area contributed by atoms with E-state index in [1.807, 2.05) is 0 Å². The summed E-state index contributed by atoms with van der Waals surface area (Å²) in [5.41, 5.74) is 7.58. The molecule has 4 rings (SSSR count). The van der Waals surface area contributed by atoms with E-state index in [0.717, 1.165) is 29.7 Å². The predicted octanol–water partition coefficient (Wildman–Crippen LogP) is 4.02. The number of aromatic nitrogens is 1. The summed E-state index contributed by atoms with van der Waals surface area (Å²) in [7, 11) is 0. The van der Waals surface area contributed by atoms with Gasteiger partial charge in [-0.2, -0.15) is 0 Å². The first-order valence-electron chi connectivity index (χ1n) is 8.90. The van der Waals surface area contributed by atoms with Crippen LogP contribution in [0, 0.1) is 11.7 Å². The molecule has 1 aromatic carbocycles. The summed E-state index contributed by atoms with van der Waals surface area (Å²) in [6.07, 6.45) is 2.64. The molecule has 2 amide bonds. The van der Waals surface area contributed by atoms with Crippen LogP contribution in [-0.4, -0.2) is 17.0 Å². The summed E-state index contributed by atoms with van der Waals surface area (Å²) >= 11 is 1.39. The molecule has 2 aromatic heterocycles. The van der Waals surface area contributed by atoms with Crippen molar-refractivity contribution in [1.29, 1.82) is 0 Å². The van der Waals surface area contributed by atoms with Gasteiger partial charge in [-0.05, 0) is 55.0 Å². The van der Waals surface area contributed by atoms with E-state index < -0.39 is 11.8 Å². The maximum atomic E-state index is 13.1. The lowest BCUT2D eigenvalue weighted by Gasteiger charge is -2.18. The van der Waals surface area contributed by atoms with Gasteiger partial charge >= 0.3 is 0 Å². The smallest absolute Gasteiger partial charge is 0.278 e. The number of hydrogen-bond donors (Lipinski definition) is 2. The van der Waals surface area contributed by atoms with Gasteiger partial charge in [0.15, 0.2) is 11.5 Å². The van der Waals surface area contributed by atoms with Gasteiger partial charge in [0.1, 0.15) is 10.8 Å². The predicted molar refractivity (Wildman–Crippen MR) is 104 cm³/mol. The van der Waals surface area contributed by atoms with Gasteiger partial charge in [-0.1, -0.05) is 12.1 Å². The van der Waals surface area contributed by atoms with Gasteiger partial charge in [-0.15, -0.1) is 11.3 Å². The Kier molecular flexibility index (Phi) is 4.72. The van der Waals surface area contributed by atoms with Crippen LogP contribution in [0.1, 0.15) is 44.6 Å². The Morgan fingerprint density at radius 2 is 2.07 bits per heavy atom. The van der Waals surface area contributed by atoms with E-state index in [-0.39, 0.29) is 11.5 Å². The molecule has 3 N–H and O–H groups in total. The van der Waals surface area contributed by atoms with Crippen molar-refractivity contribution in [2.45, 2.75) is 26.2 Å². The quantitative estimate of drug-likeness (QED) is 0.692. The van der Waals surface area contributed by atoms with E-state index in [2.05, 4.69) is 17.4 Å². The topological polar surface area (TPSA) is 98.2 Å². The largest absolute Gasteiger partial charge is 0.365 e. The molecular weight excluding hydrogens is 381 g/mol. The molecule has 6 nitrogen and oxygen atoms in total. The number of nitrogens with one attached hydrogen (secondary N) is 1. The van der Waals surface area contributed by atoms with E-state index in [0.29, 0.717) is 27.8 Å². The van der Waals surface area contributed by atoms with Crippen molar-refractivity contribution in [2.24, 2.45) is 11.7 Å². The SMILES string of the molecule is C[C@@H]1CCc2c(sc(NC(=O)c3cc(-c4ccc(F)cc4)on3)c2C(N)=O)C1. The van der Waals surface area contributed by atoms with Gasteiger partial charge in [0.2, 0.25) is 0 Å². The third-order valence-corrected chi connectivity index (χ3v) is 6.03. The second-order valence-electron chi connectivity index (χ2n) is 6.96. The molecule has 0 saturated carbocycles. The summed E-state index contributed by atoms with van der Waals surface area (Å²) in [6, 6.07) is 7.15. The fourth-order valence-electron chi connectivity index (χ4n) is 3.40. The minimum atomic E-state index is -0.547. The summed E-state index contributed by atoms with van der Waals surface area (Å²) in [4.78, 5) is 25.7. The highest BCUT2D eigenvalue weighted by molar-refractivity contribution is 7.17. The van der Waals surface area contributed by atoms with Crippen LogP contribution >= 0.6 is 11.3 Å². The van der Waals surface area contributed by atoms with Crippen molar-refractivity contribution < 1.29 is 18.5 Å². The Morgan fingerprint density at radius 3 is 2.79 bits per heavy atom. The van der Waals surface area contributed by atoms with Crippen LogP contribution in [0.3, 0.4) is 0 Å². The Balaban J connectivity index is 1.59. The second-order valence-corrected chi connectivity index (χ2v) is 8.06. The van der Waals surface area contributed by atoms with Gasteiger partial charge in [0.25, 0.3) is 11.8 Å². The van der Waals surface area contributed by atoms with E-state index >= 15 is 0 Å². The van der Waals surface area contributed by atoms with Crippen molar-refractivity contribution >= 4 is 28.2 Å². The molecule has 8 heteroatoms. The standard InChI is InChI=1S/C20H18FN3O3S/c1-10-2-7-13-16(8-10)28-20(17(13)18(22)25)23-19(26)14-9-15(27-24-14)11-3-5-12(21)6-4-11/h3-6,9-10H,2,7-8H2,1H3,(H2,22,25)(H,23,26)/t10-/m1/s1. The average molecular weight is 399 g/mol. The number of fused-ring (bicyclic) bond motifs is 1. The number of carbonyl (C=O) groups excluding carboxylic acids is 2. The molecule has 1 atom stereocenters. The summed E-state index contributed by atoms with van der Waals surface area (Å²) < 4.78 is 18.3. The second kappa shape index (κ2) is 7.20. The van der Waals surface area contributed by atoms with Crippen molar-refractivity contribution in [3.05, 3.63) is 57.8 Å².